The maximum atomic E-state index is 11.0. The average molecular weight is 205 g/mol. The minimum atomic E-state index is -1.06. The van der Waals surface area contributed by atoms with Crippen molar-refractivity contribution in [3.8, 4) is 0 Å². The Labute approximate surface area is 78.2 Å². The second kappa shape index (κ2) is 3.57. The van der Waals surface area contributed by atoms with Crippen molar-refractivity contribution >= 4 is 29.5 Å². The van der Waals surface area contributed by atoms with E-state index in [2.05, 4.69) is 9.47 Å². The second-order valence-corrected chi connectivity index (χ2v) is 2.46. The van der Waals surface area contributed by atoms with Crippen LogP contribution in [0.2, 0.25) is 0 Å². The molecular weight excluding hydrogens is 200 g/mol. The van der Waals surface area contributed by atoms with Gasteiger partial charge in [0, 0.05) is 0 Å². The molecule has 1 heterocycles. The molecule has 5 nitrogen and oxygen atoms in total. The maximum Gasteiger partial charge on any atom is 0.358 e. The fourth-order valence-electron chi connectivity index (χ4n) is 0.748. The molecule has 0 aliphatic carbocycles. The van der Waals surface area contributed by atoms with Gasteiger partial charge in [0.25, 0.3) is 0 Å². The van der Waals surface area contributed by atoms with E-state index >= 15 is 0 Å². The standard InChI is InChI=1S/C7H5ClO5/c1-2-12-5(9)3-4(8)7(11)13-6(3)10/h2H2,1H3. The highest BCUT2D eigenvalue weighted by atomic mass is 35.5. The predicted octanol–water partition coefficient (Wildman–Crippen LogP) is 0.126. The molecule has 13 heavy (non-hydrogen) atoms. The van der Waals surface area contributed by atoms with Crippen molar-refractivity contribution in [2.24, 2.45) is 0 Å². The number of halogens is 1. The Morgan fingerprint density at radius 1 is 1.46 bits per heavy atom. The van der Waals surface area contributed by atoms with Crippen LogP contribution in [0.25, 0.3) is 0 Å². The van der Waals surface area contributed by atoms with Crippen molar-refractivity contribution in [1.29, 1.82) is 0 Å². The lowest BCUT2D eigenvalue weighted by Gasteiger charge is -1.98. The van der Waals surface area contributed by atoms with Gasteiger partial charge in [0.15, 0.2) is 5.57 Å². The number of cyclic esters (lactones) is 2. The molecule has 70 valence electrons. The number of carbonyl (C=O) groups is 3. The normalized spacial score (nSPS) is 16.2. The zero-order valence-corrected chi connectivity index (χ0v) is 7.38. The molecule has 0 radical (unpaired) electrons. The van der Waals surface area contributed by atoms with Crippen LogP contribution in [-0.4, -0.2) is 24.5 Å². The third kappa shape index (κ3) is 1.70. The Morgan fingerprint density at radius 2 is 2.08 bits per heavy atom. The number of hydrogen-bond donors (Lipinski definition) is 0. The molecule has 0 fully saturated rings. The summed E-state index contributed by atoms with van der Waals surface area (Å²) in [6.07, 6.45) is 0. The summed E-state index contributed by atoms with van der Waals surface area (Å²) in [5.74, 6) is -3.02. The van der Waals surface area contributed by atoms with E-state index in [0.717, 1.165) is 0 Å². The van der Waals surface area contributed by atoms with Crippen molar-refractivity contribution in [2.45, 2.75) is 6.92 Å². The molecule has 0 unspecified atom stereocenters. The summed E-state index contributed by atoms with van der Waals surface area (Å²) in [4.78, 5) is 32.5. The molecule has 1 aliphatic rings. The van der Waals surface area contributed by atoms with E-state index in [1.807, 2.05) is 0 Å². The van der Waals surface area contributed by atoms with Gasteiger partial charge in [0.05, 0.1) is 6.61 Å². The lowest BCUT2D eigenvalue weighted by atomic mass is 10.3. The molecule has 1 rings (SSSR count). The minimum Gasteiger partial charge on any atom is -0.462 e. The Morgan fingerprint density at radius 3 is 2.46 bits per heavy atom. The first-order chi connectivity index (χ1) is 6.07. The molecule has 6 heteroatoms. The summed E-state index contributed by atoms with van der Waals surface area (Å²) in [6, 6.07) is 0. The summed E-state index contributed by atoms with van der Waals surface area (Å²) in [7, 11) is 0. The van der Waals surface area contributed by atoms with Crippen molar-refractivity contribution < 1.29 is 23.9 Å². The van der Waals surface area contributed by atoms with Crippen LogP contribution in [0.4, 0.5) is 0 Å². The van der Waals surface area contributed by atoms with Gasteiger partial charge in [-0.3, -0.25) is 0 Å². The van der Waals surface area contributed by atoms with Gasteiger partial charge in [0.1, 0.15) is 5.03 Å². The van der Waals surface area contributed by atoms with Crippen LogP contribution in [0.3, 0.4) is 0 Å². The van der Waals surface area contributed by atoms with Crippen molar-refractivity contribution in [1.82, 2.24) is 0 Å². The topological polar surface area (TPSA) is 69.7 Å². The monoisotopic (exact) mass is 204 g/mol. The van der Waals surface area contributed by atoms with Crippen LogP contribution in [0.15, 0.2) is 10.6 Å². The van der Waals surface area contributed by atoms with Gasteiger partial charge >= 0.3 is 17.9 Å². The van der Waals surface area contributed by atoms with Crippen LogP contribution in [0.1, 0.15) is 6.92 Å². The van der Waals surface area contributed by atoms with Crippen LogP contribution in [-0.2, 0) is 23.9 Å². The minimum absolute atomic E-state index is 0.0912. The first-order valence-corrected chi connectivity index (χ1v) is 3.79. The fraction of sp³-hybridized carbons (Fsp3) is 0.286. The number of carbonyl (C=O) groups excluding carboxylic acids is 3. The smallest absolute Gasteiger partial charge is 0.358 e. The Hall–Kier alpha value is -1.36. The summed E-state index contributed by atoms with van der Waals surface area (Å²) in [5.41, 5.74) is -0.534. The molecule has 0 aromatic heterocycles. The van der Waals surface area contributed by atoms with E-state index in [1.54, 1.807) is 6.92 Å². The van der Waals surface area contributed by atoms with Crippen molar-refractivity contribution in [3.63, 3.8) is 0 Å². The molecule has 0 atom stereocenters. The van der Waals surface area contributed by atoms with E-state index in [-0.39, 0.29) is 6.61 Å². The quantitative estimate of drug-likeness (QED) is 0.363. The third-order valence-electron chi connectivity index (χ3n) is 1.27. The molecule has 0 aromatic rings. The first-order valence-electron chi connectivity index (χ1n) is 3.41. The first kappa shape index (κ1) is 9.73. The summed E-state index contributed by atoms with van der Waals surface area (Å²) in [6.45, 7) is 1.66. The molecule has 1 aliphatic heterocycles. The van der Waals surface area contributed by atoms with E-state index in [9.17, 15) is 14.4 Å². The van der Waals surface area contributed by atoms with Crippen LogP contribution in [0.5, 0.6) is 0 Å². The van der Waals surface area contributed by atoms with Crippen LogP contribution in [0, 0.1) is 0 Å². The Balaban J connectivity index is 2.95. The van der Waals surface area contributed by atoms with Gasteiger partial charge in [-0.25, -0.2) is 14.4 Å². The van der Waals surface area contributed by atoms with Crippen molar-refractivity contribution in [2.75, 3.05) is 6.61 Å². The second-order valence-electron chi connectivity index (χ2n) is 2.09. The van der Waals surface area contributed by atoms with Crippen LogP contribution < -0.4 is 0 Å². The highest BCUT2D eigenvalue weighted by molar-refractivity contribution is 6.49. The Kier molecular flexibility index (Phi) is 2.67. The zero-order valence-electron chi connectivity index (χ0n) is 6.63. The van der Waals surface area contributed by atoms with E-state index in [4.69, 9.17) is 11.6 Å². The molecule has 0 saturated carbocycles. The van der Waals surface area contributed by atoms with Gasteiger partial charge in [-0.2, -0.15) is 0 Å². The molecule has 0 saturated heterocycles. The summed E-state index contributed by atoms with van der Waals surface area (Å²) >= 11 is 5.34. The lowest BCUT2D eigenvalue weighted by Crippen LogP contribution is -2.13. The average Bonchev–Trinajstić information content (AvgIpc) is 2.27. The predicted molar refractivity (Wildman–Crippen MR) is 40.6 cm³/mol. The molecular formula is C7H5ClO5. The Bertz CT molecular complexity index is 317. The van der Waals surface area contributed by atoms with Gasteiger partial charge in [-0.1, -0.05) is 11.6 Å². The largest absolute Gasteiger partial charge is 0.462 e. The van der Waals surface area contributed by atoms with Gasteiger partial charge in [-0.15, -0.1) is 0 Å². The molecule has 0 aromatic carbocycles. The number of ether oxygens (including phenoxy) is 2. The molecule has 0 N–H and O–H groups in total. The number of esters is 3. The lowest BCUT2D eigenvalue weighted by molar-refractivity contribution is -0.152. The highest BCUT2D eigenvalue weighted by Crippen LogP contribution is 2.21. The van der Waals surface area contributed by atoms with Gasteiger partial charge < -0.3 is 9.47 Å². The third-order valence-corrected chi connectivity index (χ3v) is 1.61. The molecule has 0 spiro atoms. The van der Waals surface area contributed by atoms with Gasteiger partial charge in [-0.05, 0) is 6.92 Å². The van der Waals surface area contributed by atoms with E-state index in [0.29, 0.717) is 0 Å². The fourth-order valence-corrected chi connectivity index (χ4v) is 0.941. The maximum absolute atomic E-state index is 11.0. The number of hydrogen-bond acceptors (Lipinski definition) is 5. The zero-order chi connectivity index (χ0) is 10.0. The number of rotatable bonds is 2. The van der Waals surface area contributed by atoms with E-state index in [1.165, 1.54) is 0 Å². The molecule has 0 amide bonds. The van der Waals surface area contributed by atoms with Crippen LogP contribution >= 0.6 is 11.6 Å². The van der Waals surface area contributed by atoms with Gasteiger partial charge in [0.2, 0.25) is 0 Å². The molecule has 0 bridgehead atoms. The summed E-state index contributed by atoms with van der Waals surface area (Å²) in [5, 5.41) is -0.525. The summed E-state index contributed by atoms with van der Waals surface area (Å²) < 4.78 is 8.55. The van der Waals surface area contributed by atoms with Crippen molar-refractivity contribution in [3.05, 3.63) is 10.6 Å². The SMILES string of the molecule is CCOC(=O)C1=C(Cl)C(=O)OC1=O. The highest BCUT2D eigenvalue weighted by Gasteiger charge is 2.37. The van der Waals surface area contributed by atoms with E-state index < -0.39 is 28.5 Å².